The van der Waals surface area contributed by atoms with Gasteiger partial charge in [0.05, 0.1) is 59.8 Å². The number of oxime groups is 2. The number of aromatic nitrogens is 4. The summed E-state index contributed by atoms with van der Waals surface area (Å²) >= 11 is 1.59. The summed E-state index contributed by atoms with van der Waals surface area (Å²) in [6, 6.07) is 14.1. The normalized spacial score (nSPS) is 11.5. The molecule has 0 saturated heterocycles. The van der Waals surface area contributed by atoms with Gasteiger partial charge in [0.2, 0.25) is 0 Å². The summed E-state index contributed by atoms with van der Waals surface area (Å²) in [5.41, 5.74) is 3.41. The van der Waals surface area contributed by atoms with Crippen LogP contribution in [-0.2, 0) is 0 Å². The van der Waals surface area contributed by atoms with Crippen LogP contribution < -0.4 is 9.47 Å². The van der Waals surface area contributed by atoms with E-state index in [1.165, 1.54) is 25.5 Å². The number of rotatable bonds is 5. The highest BCUT2D eigenvalue weighted by molar-refractivity contribution is 7.98. The van der Waals surface area contributed by atoms with E-state index >= 15 is 0 Å². The van der Waals surface area contributed by atoms with Crippen LogP contribution in [0.5, 0.6) is 11.5 Å². The van der Waals surface area contributed by atoms with E-state index < -0.39 is 5.82 Å². The fourth-order valence-electron chi connectivity index (χ4n) is 4.51. The third-order valence-corrected chi connectivity index (χ3v) is 6.99. The molecular formula is C29H23FN6O4S. The summed E-state index contributed by atoms with van der Waals surface area (Å²) < 4.78 is 25.0. The summed E-state index contributed by atoms with van der Waals surface area (Å²) in [5.74, 6) is 0.641. The molecule has 0 unspecified atom stereocenters. The number of hydrogen-bond donors (Lipinski definition) is 2. The molecule has 0 radical (unpaired) electrons. The fourth-order valence-corrected chi connectivity index (χ4v) is 5.15. The second-order valence-electron chi connectivity index (χ2n) is 8.52. The van der Waals surface area contributed by atoms with Gasteiger partial charge in [0.15, 0.2) is 0 Å². The van der Waals surface area contributed by atoms with Gasteiger partial charge in [-0.2, -0.15) is 0 Å². The molecular weight excluding hydrogens is 547 g/mol. The van der Waals surface area contributed by atoms with E-state index in [2.05, 4.69) is 30.2 Å². The Morgan fingerprint density at radius 1 is 0.756 bits per heavy atom. The minimum atomic E-state index is -0.433. The number of methoxy groups -OCH3 is 2. The number of halogens is 1. The van der Waals surface area contributed by atoms with Gasteiger partial charge < -0.3 is 19.9 Å². The molecule has 0 aliphatic heterocycles. The molecule has 2 aromatic carbocycles. The zero-order valence-electron chi connectivity index (χ0n) is 22.1. The lowest BCUT2D eigenvalue weighted by Gasteiger charge is -2.12. The molecule has 0 aliphatic carbocycles. The van der Waals surface area contributed by atoms with Gasteiger partial charge in [0.1, 0.15) is 28.3 Å². The van der Waals surface area contributed by atoms with Crippen molar-refractivity contribution < 1.29 is 24.3 Å². The van der Waals surface area contributed by atoms with E-state index in [4.69, 9.17) is 19.9 Å². The lowest BCUT2D eigenvalue weighted by molar-refractivity contribution is 0.321. The molecule has 206 valence electrons. The number of nitrogens with zero attached hydrogens (tertiary/aromatic N) is 6. The van der Waals surface area contributed by atoms with Crippen LogP contribution in [0.25, 0.3) is 43.6 Å². The Balaban J connectivity index is 0.000000165. The van der Waals surface area contributed by atoms with Gasteiger partial charge in [-0.1, -0.05) is 22.4 Å². The molecule has 0 saturated carbocycles. The number of hydrogen-bond acceptors (Lipinski definition) is 11. The summed E-state index contributed by atoms with van der Waals surface area (Å²) in [7, 11) is 3.08. The average molecular weight is 571 g/mol. The summed E-state index contributed by atoms with van der Waals surface area (Å²) in [5, 5.41) is 26.2. The standard InChI is InChI=1S/C15H13N3O2S.C14H10FN3O2/c1-20-11-6-9-4-3-5-16-14(9)15-13(11)12(21-2)7-10(18-15)8-17-19;1-20-11-6-9(7-17-19)18-14-12(11)10(15)5-8-3-2-4-16-13(8)14/h3-8,19H,1-2H3;2-7,19H,1H3. The molecule has 4 aromatic heterocycles. The van der Waals surface area contributed by atoms with Crippen LogP contribution in [0.2, 0.25) is 0 Å². The van der Waals surface area contributed by atoms with Gasteiger partial charge in [-0.05, 0) is 36.6 Å². The molecule has 6 rings (SSSR count). The average Bonchev–Trinajstić information content (AvgIpc) is 3.00. The van der Waals surface area contributed by atoms with Crippen molar-refractivity contribution in [1.82, 2.24) is 19.9 Å². The Morgan fingerprint density at radius 2 is 1.29 bits per heavy atom. The van der Waals surface area contributed by atoms with E-state index in [0.717, 1.165) is 38.7 Å². The van der Waals surface area contributed by atoms with E-state index in [1.54, 1.807) is 43.4 Å². The first-order valence-corrected chi connectivity index (χ1v) is 13.3. The van der Waals surface area contributed by atoms with Crippen molar-refractivity contribution in [2.24, 2.45) is 10.3 Å². The van der Waals surface area contributed by atoms with Crippen LogP contribution in [0, 0.1) is 5.82 Å². The Hall–Kier alpha value is -5.10. The van der Waals surface area contributed by atoms with Crippen LogP contribution >= 0.6 is 11.8 Å². The largest absolute Gasteiger partial charge is 0.496 e. The van der Waals surface area contributed by atoms with Crippen LogP contribution in [-0.4, -0.2) is 63.3 Å². The summed E-state index contributed by atoms with van der Waals surface area (Å²) in [4.78, 5) is 18.5. The van der Waals surface area contributed by atoms with E-state index in [-0.39, 0.29) is 5.39 Å². The van der Waals surface area contributed by atoms with Crippen molar-refractivity contribution in [3.63, 3.8) is 0 Å². The first kappa shape index (κ1) is 27.5. The molecule has 10 nitrogen and oxygen atoms in total. The molecule has 0 atom stereocenters. The Kier molecular flexibility index (Phi) is 8.01. The summed E-state index contributed by atoms with van der Waals surface area (Å²) in [6.07, 6.45) is 7.80. The number of pyridine rings is 4. The first-order chi connectivity index (χ1) is 20.0. The molecule has 4 heterocycles. The number of thioether (sulfide) groups is 1. The van der Waals surface area contributed by atoms with Crippen LogP contribution in [0.15, 0.2) is 76.1 Å². The maximum Gasteiger partial charge on any atom is 0.137 e. The highest BCUT2D eigenvalue weighted by atomic mass is 32.2. The smallest absolute Gasteiger partial charge is 0.137 e. The first-order valence-electron chi connectivity index (χ1n) is 12.1. The molecule has 12 heteroatoms. The van der Waals surface area contributed by atoms with E-state index in [0.29, 0.717) is 33.6 Å². The maximum atomic E-state index is 14.3. The van der Waals surface area contributed by atoms with Crippen molar-refractivity contribution >= 4 is 67.8 Å². The van der Waals surface area contributed by atoms with Crippen molar-refractivity contribution in [3.8, 4) is 11.5 Å². The van der Waals surface area contributed by atoms with Crippen LogP contribution in [0.4, 0.5) is 4.39 Å². The third kappa shape index (κ3) is 5.24. The molecule has 41 heavy (non-hydrogen) atoms. The highest BCUT2D eigenvalue weighted by Crippen LogP contribution is 2.37. The van der Waals surface area contributed by atoms with Gasteiger partial charge in [-0.3, -0.25) is 9.97 Å². The van der Waals surface area contributed by atoms with Crippen molar-refractivity contribution in [2.45, 2.75) is 4.90 Å². The van der Waals surface area contributed by atoms with E-state index in [9.17, 15) is 4.39 Å². The molecule has 0 amide bonds. The fraction of sp³-hybridized carbons (Fsp3) is 0.103. The summed E-state index contributed by atoms with van der Waals surface area (Å²) in [6.45, 7) is 0. The third-order valence-electron chi connectivity index (χ3n) is 6.23. The number of benzene rings is 2. The quantitative estimate of drug-likeness (QED) is 0.0833. The lowest BCUT2D eigenvalue weighted by atomic mass is 10.1. The predicted molar refractivity (Wildman–Crippen MR) is 158 cm³/mol. The Labute approximate surface area is 237 Å². The minimum absolute atomic E-state index is 0.258. The Morgan fingerprint density at radius 3 is 1.85 bits per heavy atom. The van der Waals surface area contributed by atoms with Gasteiger partial charge in [-0.25, -0.2) is 14.4 Å². The number of ether oxygens (including phenoxy) is 2. The number of fused-ring (bicyclic) bond motifs is 6. The lowest BCUT2D eigenvalue weighted by Crippen LogP contribution is -1.97. The maximum absolute atomic E-state index is 14.3. The van der Waals surface area contributed by atoms with Gasteiger partial charge in [0.25, 0.3) is 0 Å². The second kappa shape index (κ2) is 12.0. The van der Waals surface area contributed by atoms with Gasteiger partial charge in [-0.15, -0.1) is 11.8 Å². The van der Waals surface area contributed by atoms with Gasteiger partial charge >= 0.3 is 0 Å². The van der Waals surface area contributed by atoms with Crippen LogP contribution in [0.3, 0.4) is 0 Å². The Bertz CT molecular complexity index is 1970. The molecule has 2 N–H and O–H groups in total. The van der Waals surface area contributed by atoms with Crippen molar-refractivity contribution in [3.05, 3.63) is 78.1 Å². The molecule has 0 fully saturated rings. The van der Waals surface area contributed by atoms with Gasteiger partial charge in [0, 0.05) is 34.1 Å². The predicted octanol–water partition coefficient (Wildman–Crippen LogP) is 6.06. The second-order valence-corrected chi connectivity index (χ2v) is 9.37. The van der Waals surface area contributed by atoms with Crippen LogP contribution in [0.1, 0.15) is 11.4 Å². The minimum Gasteiger partial charge on any atom is -0.496 e. The van der Waals surface area contributed by atoms with Crippen molar-refractivity contribution in [1.29, 1.82) is 0 Å². The molecule has 0 aliphatic rings. The zero-order chi connectivity index (χ0) is 28.9. The molecule has 0 spiro atoms. The zero-order valence-corrected chi connectivity index (χ0v) is 22.9. The topological polar surface area (TPSA) is 135 Å². The molecule has 0 bridgehead atoms. The monoisotopic (exact) mass is 570 g/mol. The SMILES string of the molecule is COc1cc(C=NO)nc2c1c(F)cc1cccnc12.COc1cc2cccnc2c2nc(C=NO)cc(SC)c12. The molecule has 6 aromatic rings. The van der Waals surface area contributed by atoms with E-state index in [1.807, 2.05) is 30.5 Å². The highest BCUT2D eigenvalue weighted by Gasteiger charge is 2.16. The van der Waals surface area contributed by atoms with Crippen molar-refractivity contribution in [2.75, 3.05) is 20.5 Å².